The third-order valence-corrected chi connectivity index (χ3v) is 7.49. The van der Waals surface area contributed by atoms with E-state index in [1.165, 1.54) is 28.7 Å². The summed E-state index contributed by atoms with van der Waals surface area (Å²) in [6, 6.07) is 0. The van der Waals surface area contributed by atoms with Crippen LogP contribution in [0.1, 0.15) is 19.3 Å². The molecule has 0 heterocycles. The highest BCUT2D eigenvalue weighted by molar-refractivity contribution is 5.91. The highest BCUT2D eigenvalue weighted by Gasteiger charge is 2.42. The van der Waals surface area contributed by atoms with E-state index in [1.54, 1.807) is 7.11 Å². The third-order valence-electron chi connectivity index (χ3n) is 7.49. The van der Waals surface area contributed by atoms with Gasteiger partial charge in [0.25, 0.3) is 0 Å². The van der Waals surface area contributed by atoms with Crippen molar-refractivity contribution in [1.29, 1.82) is 0 Å². The van der Waals surface area contributed by atoms with Gasteiger partial charge in [-0.2, -0.15) is 0 Å². The van der Waals surface area contributed by atoms with Crippen LogP contribution in [0.15, 0.2) is 70.4 Å². The molecule has 0 aromatic rings. The molecule has 0 aromatic carbocycles. The largest absolute Gasteiger partial charge is 0.458 e. The number of methoxy groups -OCH3 is 1. The fourth-order valence-corrected chi connectivity index (χ4v) is 6.28. The molecule has 6 aliphatic carbocycles. The average molecular weight is 374 g/mol. The van der Waals surface area contributed by atoms with Crippen LogP contribution < -0.4 is 0 Å². The predicted molar refractivity (Wildman–Crippen MR) is 107 cm³/mol. The van der Waals surface area contributed by atoms with Crippen molar-refractivity contribution in [2.24, 2.45) is 35.5 Å². The fraction of sp³-hybridized carbons (Fsp3) is 0.480. The van der Waals surface area contributed by atoms with E-state index >= 15 is 0 Å². The van der Waals surface area contributed by atoms with Crippen LogP contribution in [0, 0.1) is 35.5 Å². The number of ether oxygens (including phenoxy) is 2. The lowest BCUT2D eigenvalue weighted by molar-refractivity contribution is -0.138. The molecule has 3 heteroatoms. The number of carbonyl (C=O) groups excluding carboxylic acids is 1. The highest BCUT2D eigenvalue weighted by Crippen LogP contribution is 2.51. The van der Waals surface area contributed by atoms with E-state index in [0.29, 0.717) is 42.8 Å². The topological polar surface area (TPSA) is 35.5 Å². The van der Waals surface area contributed by atoms with Gasteiger partial charge in [0.15, 0.2) is 0 Å². The summed E-state index contributed by atoms with van der Waals surface area (Å²) < 4.78 is 11.1. The van der Waals surface area contributed by atoms with E-state index in [0.717, 1.165) is 18.4 Å². The van der Waals surface area contributed by atoms with Gasteiger partial charge < -0.3 is 9.47 Å². The minimum Gasteiger partial charge on any atom is -0.458 e. The first-order valence-electron chi connectivity index (χ1n) is 10.6. The van der Waals surface area contributed by atoms with Gasteiger partial charge in [0.2, 0.25) is 0 Å². The molecule has 6 rings (SSSR count). The molecular weight excluding hydrogens is 348 g/mol. The molecule has 0 N–H and O–H groups in total. The van der Waals surface area contributed by atoms with Gasteiger partial charge in [-0.3, -0.25) is 0 Å². The third kappa shape index (κ3) is 2.49. The first-order chi connectivity index (χ1) is 13.7. The van der Waals surface area contributed by atoms with Gasteiger partial charge in [-0.05, 0) is 53.4 Å². The molecule has 144 valence electrons. The second-order valence-electron chi connectivity index (χ2n) is 9.15. The van der Waals surface area contributed by atoms with Crippen molar-refractivity contribution < 1.29 is 14.3 Å². The lowest BCUT2D eigenvalue weighted by atomic mass is 9.87. The molecule has 0 aromatic heterocycles. The van der Waals surface area contributed by atoms with Gasteiger partial charge in [0.1, 0.15) is 6.61 Å². The summed E-state index contributed by atoms with van der Waals surface area (Å²) >= 11 is 0. The first kappa shape index (κ1) is 16.8. The molecular formula is C25H26O3. The van der Waals surface area contributed by atoms with Crippen molar-refractivity contribution >= 4 is 5.97 Å². The van der Waals surface area contributed by atoms with Crippen LogP contribution in [-0.2, 0) is 14.3 Å². The molecule has 0 amide bonds. The molecule has 6 atom stereocenters. The van der Waals surface area contributed by atoms with Crippen LogP contribution in [0.2, 0.25) is 0 Å². The Bertz CT molecular complexity index is 925. The summed E-state index contributed by atoms with van der Waals surface area (Å²) in [5.41, 5.74) is 6.48. The van der Waals surface area contributed by atoms with Crippen LogP contribution in [0.4, 0.5) is 0 Å². The summed E-state index contributed by atoms with van der Waals surface area (Å²) in [6.07, 6.45) is 19.7. The Kier molecular flexibility index (Phi) is 3.71. The summed E-state index contributed by atoms with van der Waals surface area (Å²) in [6.45, 7) is 1.11. The highest BCUT2D eigenvalue weighted by atomic mass is 16.5. The van der Waals surface area contributed by atoms with Crippen LogP contribution in [0.5, 0.6) is 0 Å². The zero-order valence-electron chi connectivity index (χ0n) is 16.3. The van der Waals surface area contributed by atoms with Gasteiger partial charge >= 0.3 is 5.97 Å². The Morgan fingerprint density at radius 3 is 2.32 bits per heavy atom. The molecule has 0 aliphatic heterocycles. The number of esters is 1. The molecule has 0 saturated heterocycles. The standard InChI is InChI=1S/C25H26O3/c1-27-12-19-5-15-6-20(21(19)8-15)13-28-25(26)24-11-17-9-18(24)10-23(17)22-7-14-2-3-16(22)4-14/h2-3,5-7,10-11,14-18,21H,4,8-9,12-13H2,1H3. The first-order valence-corrected chi connectivity index (χ1v) is 10.6. The Labute approximate surface area is 166 Å². The number of allylic oxidation sites excluding steroid dienone is 9. The Hall–Kier alpha value is -2.13. The van der Waals surface area contributed by atoms with Crippen molar-refractivity contribution in [3.8, 4) is 0 Å². The maximum absolute atomic E-state index is 12.7. The van der Waals surface area contributed by atoms with Crippen molar-refractivity contribution in [2.75, 3.05) is 20.3 Å². The quantitative estimate of drug-likeness (QED) is 0.513. The van der Waals surface area contributed by atoms with Crippen LogP contribution in [0.25, 0.3) is 0 Å². The smallest absolute Gasteiger partial charge is 0.334 e. The minimum absolute atomic E-state index is 0.120. The summed E-state index contributed by atoms with van der Waals surface area (Å²) in [5.74, 6) is 2.69. The zero-order chi connectivity index (χ0) is 18.8. The molecule has 0 fully saturated rings. The van der Waals surface area contributed by atoms with Crippen molar-refractivity contribution in [3.63, 3.8) is 0 Å². The van der Waals surface area contributed by atoms with E-state index in [4.69, 9.17) is 9.47 Å². The molecule has 6 bridgehead atoms. The lowest BCUT2D eigenvalue weighted by Gasteiger charge is -2.19. The number of rotatable bonds is 6. The lowest BCUT2D eigenvalue weighted by Crippen LogP contribution is -2.17. The molecule has 0 radical (unpaired) electrons. The second kappa shape index (κ2) is 6.18. The van der Waals surface area contributed by atoms with Gasteiger partial charge in [-0.1, -0.05) is 42.5 Å². The van der Waals surface area contributed by atoms with Crippen LogP contribution in [0.3, 0.4) is 0 Å². The van der Waals surface area contributed by atoms with E-state index in [9.17, 15) is 4.79 Å². The number of fused-ring (bicyclic) bond motifs is 6. The summed E-state index contributed by atoms with van der Waals surface area (Å²) in [5, 5.41) is 0. The van der Waals surface area contributed by atoms with Gasteiger partial charge in [0.05, 0.1) is 6.61 Å². The maximum Gasteiger partial charge on any atom is 0.334 e. The molecule has 0 spiro atoms. The van der Waals surface area contributed by atoms with E-state index in [2.05, 4.69) is 42.5 Å². The normalized spacial score (nSPS) is 38.5. The minimum atomic E-state index is -0.120. The summed E-state index contributed by atoms with van der Waals surface area (Å²) in [4.78, 5) is 12.7. The summed E-state index contributed by atoms with van der Waals surface area (Å²) in [7, 11) is 1.74. The molecule has 0 saturated carbocycles. The van der Waals surface area contributed by atoms with Crippen molar-refractivity contribution in [2.45, 2.75) is 19.3 Å². The van der Waals surface area contributed by atoms with E-state index in [1.807, 2.05) is 0 Å². The molecule has 3 nitrogen and oxygen atoms in total. The van der Waals surface area contributed by atoms with Crippen LogP contribution >= 0.6 is 0 Å². The van der Waals surface area contributed by atoms with Gasteiger partial charge in [0, 0.05) is 36.4 Å². The van der Waals surface area contributed by atoms with Gasteiger partial charge in [-0.25, -0.2) is 4.79 Å². The zero-order valence-corrected chi connectivity index (χ0v) is 16.3. The number of hydrogen-bond donors (Lipinski definition) is 0. The van der Waals surface area contributed by atoms with Crippen LogP contribution in [-0.4, -0.2) is 26.3 Å². The monoisotopic (exact) mass is 374 g/mol. The molecule has 28 heavy (non-hydrogen) atoms. The molecule has 6 aliphatic rings. The Balaban J connectivity index is 1.09. The van der Waals surface area contributed by atoms with Crippen molar-refractivity contribution in [3.05, 3.63) is 70.4 Å². The SMILES string of the molecule is COCC1=CC2C=C(COC(=O)C3=CC4CC3C=C4C3=CC4C=CC3C4)C1C2. The number of carbonyl (C=O) groups is 1. The molecule has 6 unspecified atom stereocenters. The second-order valence-corrected chi connectivity index (χ2v) is 9.15. The van der Waals surface area contributed by atoms with E-state index < -0.39 is 0 Å². The average Bonchev–Trinajstić information content (AvgIpc) is 3.52. The Morgan fingerprint density at radius 1 is 0.857 bits per heavy atom. The predicted octanol–water partition coefficient (Wildman–Crippen LogP) is 4.31. The van der Waals surface area contributed by atoms with E-state index in [-0.39, 0.29) is 11.9 Å². The Morgan fingerprint density at radius 2 is 1.68 bits per heavy atom. The van der Waals surface area contributed by atoms with Gasteiger partial charge in [-0.15, -0.1) is 0 Å². The van der Waals surface area contributed by atoms with Crippen molar-refractivity contribution in [1.82, 2.24) is 0 Å². The number of hydrogen-bond acceptors (Lipinski definition) is 3. The maximum atomic E-state index is 12.7. The fourth-order valence-electron chi connectivity index (χ4n) is 6.28.